The van der Waals surface area contributed by atoms with Crippen LogP contribution in [-0.4, -0.2) is 51.0 Å². The largest absolute Gasteiger partial charge is 0.490 e. The van der Waals surface area contributed by atoms with E-state index >= 15 is 8.78 Å². The summed E-state index contributed by atoms with van der Waals surface area (Å²) in [4.78, 5) is 30.5. The Labute approximate surface area is 275 Å². The SMILES string of the molecule is Cc1nc2c3c(c(C(F)(F)F)cc2n1C)-c1cccn2c(C(=O)c4cc(F)c(NC(=O)/C=C/CNCC5(F)CC5)c(F)c4)cc(c12)CCO3. The van der Waals surface area contributed by atoms with E-state index in [0.29, 0.717) is 29.7 Å². The second-order valence-electron chi connectivity index (χ2n) is 12.3. The van der Waals surface area contributed by atoms with E-state index in [-0.39, 0.29) is 65.3 Å². The normalized spacial score (nSPS) is 15.3. The van der Waals surface area contributed by atoms with E-state index in [1.165, 1.54) is 34.9 Å². The van der Waals surface area contributed by atoms with Crippen molar-refractivity contribution < 1.29 is 40.7 Å². The van der Waals surface area contributed by atoms with Crippen LogP contribution in [0.4, 0.5) is 32.0 Å². The molecule has 254 valence electrons. The number of ketones is 1. The lowest BCUT2D eigenvalue weighted by molar-refractivity contribution is -0.137. The molecule has 1 fully saturated rings. The lowest BCUT2D eigenvalue weighted by Gasteiger charge is -2.22. The van der Waals surface area contributed by atoms with Crippen LogP contribution in [0.25, 0.3) is 27.7 Å². The molecule has 1 aliphatic carbocycles. The Balaban J connectivity index is 1.24. The maximum absolute atomic E-state index is 15.2. The molecule has 7 rings (SSSR count). The van der Waals surface area contributed by atoms with Crippen LogP contribution in [0, 0.1) is 18.6 Å². The topological polar surface area (TPSA) is 89.7 Å². The first-order valence-electron chi connectivity index (χ1n) is 15.5. The summed E-state index contributed by atoms with van der Waals surface area (Å²) in [5.74, 6) is -3.58. The molecule has 2 N–H and O–H groups in total. The van der Waals surface area contributed by atoms with Gasteiger partial charge in [0.1, 0.15) is 34.3 Å². The van der Waals surface area contributed by atoms with E-state index in [4.69, 9.17) is 4.74 Å². The molecule has 4 heterocycles. The Morgan fingerprint density at radius 3 is 2.55 bits per heavy atom. The minimum absolute atomic E-state index is 0.0272. The summed E-state index contributed by atoms with van der Waals surface area (Å²) in [7, 11) is 1.62. The first-order chi connectivity index (χ1) is 23.3. The average molecular weight is 682 g/mol. The molecule has 3 aromatic heterocycles. The van der Waals surface area contributed by atoms with E-state index in [1.807, 2.05) is 0 Å². The van der Waals surface area contributed by atoms with Gasteiger partial charge in [-0.05, 0) is 55.7 Å². The van der Waals surface area contributed by atoms with Gasteiger partial charge in [0.05, 0.1) is 28.9 Å². The van der Waals surface area contributed by atoms with Crippen molar-refractivity contribution in [3.8, 4) is 16.9 Å². The maximum Gasteiger partial charge on any atom is 0.417 e. The number of aromatic nitrogens is 3. The van der Waals surface area contributed by atoms with Gasteiger partial charge in [-0.1, -0.05) is 12.1 Å². The van der Waals surface area contributed by atoms with Crippen LogP contribution in [0.5, 0.6) is 5.75 Å². The number of alkyl halides is 4. The lowest BCUT2D eigenvalue weighted by atomic mass is 9.94. The fourth-order valence-electron chi connectivity index (χ4n) is 6.21. The van der Waals surface area contributed by atoms with Crippen LogP contribution in [-0.2, 0) is 24.4 Å². The zero-order valence-corrected chi connectivity index (χ0v) is 26.3. The number of hydrogen-bond donors (Lipinski definition) is 2. The first-order valence-corrected chi connectivity index (χ1v) is 15.5. The number of carbonyl (C=O) groups excluding carboxylic acids is 2. The molecule has 14 heteroatoms. The van der Waals surface area contributed by atoms with Crippen molar-refractivity contribution in [2.75, 3.05) is 25.0 Å². The van der Waals surface area contributed by atoms with Crippen molar-refractivity contribution in [1.82, 2.24) is 19.3 Å². The number of aryl methyl sites for hydroxylation is 2. The predicted octanol–water partition coefficient (Wildman–Crippen LogP) is 6.85. The predicted molar refractivity (Wildman–Crippen MR) is 170 cm³/mol. The van der Waals surface area contributed by atoms with Gasteiger partial charge in [-0.3, -0.25) is 9.59 Å². The summed E-state index contributed by atoms with van der Waals surface area (Å²) in [6, 6.07) is 7.06. The number of amides is 1. The zero-order valence-electron chi connectivity index (χ0n) is 26.3. The number of hydrogen-bond acceptors (Lipinski definition) is 5. The second-order valence-corrected chi connectivity index (χ2v) is 12.3. The monoisotopic (exact) mass is 681 g/mol. The molecule has 8 nitrogen and oxygen atoms in total. The number of imidazole rings is 1. The minimum atomic E-state index is -4.77. The van der Waals surface area contributed by atoms with Crippen molar-refractivity contribution >= 4 is 33.9 Å². The van der Waals surface area contributed by atoms with Gasteiger partial charge in [0, 0.05) is 55.5 Å². The molecule has 0 saturated heterocycles. The third-order valence-corrected chi connectivity index (χ3v) is 8.97. The van der Waals surface area contributed by atoms with Crippen molar-refractivity contribution in [2.45, 2.75) is 38.0 Å². The Bertz CT molecular complexity index is 2190. The van der Waals surface area contributed by atoms with Gasteiger partial charge in [-0.15, -0.1) is 0 Å². The number of ether oxygens (including phenoxy) is 1. The van der Waals surface area contributed by atoms with Crippen LogP contribution in [0.3, 0.4) is 0 Å². The number of nitrogens with one attached hydrogen (secondary N) is 2. The third-order valence-electron chi connectivity index (χ3n) is 8.97. The van der Waals surface area contributed by atoms with Gasteiger partial charge in [0.2, 0.25) is 11.7 Å². The number of nitrogens with zero attached hydrogens (tertiary/aromatic N) is 3. The van der Waals surface area contributed by atoms with Crippen LogP contribution in [0.2, 0.25) is 0 Å². The van der Waals surface area contributed by atoms with E-state index in [9.17, 15) is 27.2 Å². The van der Waals surface area contributed by atoms with Gasteiger partial charge >= 0.3 is 6.18 Å². The highest BCUT2D eigenvalue weighted by Gasteiger charge is 2.42. The van der Waals surface area contributed by atoms with E-state index < -0.39 is 46.4 Å². The maximum atomic E-state index is 15.2. The molecule has 0 unspecified atom stereocenters. The van der Waals surface area contributed by atoms with E-state index in [1.54, 1.807) is 18.5 Å². The highest BCUT2D eigenvalue weighted by atomic mass is 19.4. The number of carbonyl (C=O) groups is 2. The molecule has 0 atom stereocenters. The van der Waals surface area contributed by atoms with Gasteiger partial charge in [-0.2, -0.15) is 13.2 Å². The molecular formula is C35H29F6N5O3. The van der Waals surface area contributed by atoms with Gasteiger partial charge in [0.15, 0.2) is 5.75 Å². The molecule has 0 radical (unpaired) electrons. The average Bonchev–Trinajstić information content (AvgIpc) is 3.55. The van der Waals surface area contributed by atoms with Crippen molar-refractivity contribution in [3.05, 3.63) is 94.6 Å². The molecule has 5 aromatic rings. The molecular weight excluding hydrogens is 652 g/mol. The zero-order chi connectivity index (χ0) is 34.8. The van der Waals surface area contributed by atoms with Crippen molar-refractivity contribution in [2.24, 2.45) is 7.05 Å². The fourth-order valence-corrected chi connectivity index (χ4v) is 6.21. The summed E-state index contributed by atoms with van der Waals surface area (Å²) in [6.45, 7) is 1.96. The summed E-state index contributed by atoms with van der Waals surface area (Å²) >= 11 is 0. The van der Waals surface area contributed by atoms with E-state index in [2.05, 4.69) is 15.6 Å². The number of halogens is 6. The molecule has 49 heavy (non-hydrogen) atoms. The summed E-state index contributed by atoms with van der Waals surface area (Å²) in [6.07, 6.45) is 0.323. The summed E-state index contributed by atoms with van der Waals surface area (Å²) in [5, 5.41) is 4.95. The van der Waals surface area contributed by atoms with Crippen LogP contribution in [0.1, 0.15) is 45.8 Å². The third kappa shape index (κ3) is 5.83. The molecule has 1 aliphatic heterocycles. The quantitative estimate of drug-likeness (QED) is 0.0810. The summed E-state index contributed by atoms with van der Waals surface area (Å²) in [5.41, 5.74) is -2.07. The van der Waals surface area contributed by atoms with Crippen LogP contribution < -0.4 is 15.4 Å². The number of rotatable bonds is 8. The van der Waals surface area contributed by atoms with Gasteiger partial charge in [0.25, 0.3) is 0 Å². The number of pyridine rings is 1. The van der Waals surface area contributed by atoms with E-state index in [0.717, 1.165) is 24.3 Å². The Morgan fingerprint density at radius 2 is 1.86 bits per heavy atom. The Hall–Kier alpha value is -5.11. The highest BCUT2D eigenvalue weighted by Crippen LogP contribution is 2.48. The molecule has 2 aliphatic rings. The van der Waals surface area contributed by atoms with Crippen molar-refractivity contribution in [1.29, 1.82) is 0 Å². The standard InChI is InChI=1S/C35H29F6N5O3/c1-18-43-30-25(45(18)2)16-22(35(39,40)41)28-21-5-4-11-46-26(15-19(31(21)46)7-12-49-33(28)30)32(48)20-13-23(36)29(24(37)14-20)44-27(47)6-3-10-42-17-34(38)8-9-34/h3-6,11,13-16,42H,7-10,12,17H2,1-2H3,(H,44,47)/b6-3+. The minimum Gasteiger partial charge on any atom is -0.490 e. The van der Waals surface area contributed by atoms with Crippen molar-refractivity contribution in [3.63, 3.8) is 0 Å². The molecule has 0 bridgehead atoms. The molecule has 1 saturated carbocycles. The second kappa shape index (κ2) is 11.8. The first kappa shape index (κ1) is 32.4. The smallest absolute Gasteiger partial charge is 0.417 e. The lowest BCUT2D eigenvalue weighted by Crippen LogP contribution is -2.25. The highest BCUT2D eigenvalue weighted by molar-refractivity contribution is 6.10. The number of fused-ring (bicyclic) bond motifs is 4. The van der Waals surface area contributed by atoms with Crippen LogP contribution >= 0.6 is 0 Å². The fraction of sp³-hybridized carbons (Fsp3) is 0.286. The Morgan fingerprint density at radius 1 is 1.12 bits per heavy atom. The molecule has 1 amide bonds. The summed E-state index contributed by atoms with van der Waals surface area (Å²) < 4.78 is 96.9. The molecule has 2 aromatic carbocycles. The Kier molecular flexibility index (Phi) is 7.81. The molecule has 0 spiro atoms. The van der Waals surface area contributed by atoms with Gasteiger partial charge < -0.3 is 24.3 Å². The van der Waals surface area contributed by atoms with Gasteiger partial charge in [-0.25, -0.2) is 18.2 Å². The number of benzene rings is 2. The number of anilines is 1. The van der Waals surface area contributed by atoms with Crippen LogP contribution in [0.15, 0.2) is 54.7 Å².